The predicted octanol–water partition coefficient (Wildman–Crippen LogP) is -1.64. The predicted molar refractivity (Wildman–Crippen MR) is 65.7 cm³/mol. The Labute approximate surface area is 107 Å². The normalized spacial score (nSPS) is 13.3. The highest BCUT2D eigenvalue weighted by Crippen LogP contribution is 2.08. The molecule has 0 saturated carbocycles. The Kier molecular flexibility index (Phi) is 12.0. The summed E-state index contributed by atoms with van der Waals surface area (Å²) >= 11 is 0. The van der Waals surface area contributed by atoms with Crippen molar-refractivity contribution >= 4 is 0 Å². The third kappa shape index (κ3) is 10.7. The quantitative estimate of drug-likeness (QED) is 0.382. The van der Waals surface area contributed by atoms with Gasteiger partial charge in [-0.2, -0.15) is 0 Å². The zero-order chi connectivity index (χ0) is 11.7. The number of hydrogen-bond donors (Lipinski definition) is 2. The minimum atomic E-state index is -0.149. The highest BCUT2D eigenvalue weighted by molar-refractivity contribution is 4.55. The molecule has 0 saturated heterocycles. The first-order chi connectivity index (χ1) is 7.02. The summed E-state index contributed by atoms with van der Waals surface area (Å²) in [4.78, 5) is 0. The molecule has 0 aliphatic rings. The minimum absolute atomic E-state index is 0. The van der Waals surface area contributed by atoms with E-state index < -0.39 is 0 Å². The maximum Gasteiger partial charge on any atom is 0.105 e. The number of aliphatic hydroxyl groups excluding tert-OH is 1. The van der Waals surface area contributed by atoms with Gasteiger partial charge < -0.3 is 27.7 Å². The van der Waals surface area contributed by atoms with Crippen molar-refractivity contribution in [3.05, 3.63) is 0 Å². The fourth-order valence-corrected chi connectivity index (χ4v) is 1.90. The summed E-state index contributed by atoms with van der Waals surface area (Å²) in [6.45, 7) is 4.84. The lowest BCUT2D eigenvalue weighted by Crippen LogP contribution is -3.00. The second kappa shape index (κ2) is 10.3. The number of rotatable bonds is 9. The summed E-state index contributed by atoms with van der Waals surface area (Å²) in [5, 5.41) is 9.86. The van der Waals surface area contributed by atoms with E-state index in [0.29, 0.717) is 0 Å². The van der Waals surface area contributed by atoms with E-state index in [0.717, 1.165) is 43.4 Å². The van der Waals surface area contributed by atoms with E-state index in [4.69, 9.17) is 5.73 Å². The Morgan fingerprint density at radius 3 is 2.31 bits per heavy atom. The molecular formula is C12H29ClN2O. The maximum atomic E-state index is 9.86. The molecule has 0 aromatic heterocycles. The molecule has 0 rings (SSSR count). The first kappa shape index (κ1) is 18.5. The number of nitrogens with zero attached hydrogens (tertiary/aromatic N) is 1. The Hall–Kier alpha value is 0.170. The fraction of sp³-hybridized carbons (Fsp3) is 1.00. The van der Waals surface area contributed by atoms with Crippen molar-refractivity contribution in [2.24, 2.45) is 5.73 Å². The molecule has 3 N–H and O–H groups in total. The number of aliphatic hydroxyl groups is 1. The maximum absolute atomic E-state index is 9.86. The van der Waals surface area contributed by atoms with Gasteiger partial charge in [0.05, 0.1) is 20.6 Å². The van der Waals surface area contributed by atoms with Crippen LogP contribution in [0.1, 0.15) is 39.0 Å². The molecule has 3 nitrogen and oxygen atoms in total. The van der Waals surface area contributed by atoms with Crippen LogP contribution >= 0.6 is 0 Å². The molecule has 100 valence electrons. The van der Waals surface area contributed by atoms with Crippen LogP contribution < -0.4 is 18.1 Å². The molecule has 0 bridgehead atoms. The van der Waals surface area contributed by atoms with Crippen LogP contribution in [-0.2, 0) is 0 Å². The van der Waals surface area contributed by atoms with Crippen LogP contribution in [0.15, 0.2) is 0 Å². The van der Waals surface area contributed by atoms with E-state index >= 15 is 0 Å². The van der Waals surface area contributed by atoms with Gasteiger partial charge in [-0.25, -0.2) is 0 Å². The molecule has 0 amide bonds. The van der Waals surface area contributed by atoms with Gasteiger partial charge in [0.15, 0.2) is 0 Å². The second-order valence-corrected chi connectivity index (χ2v) is 5.13. The van der Waals surface area contributed by atoms with Crippen LogP contribution in [-0.4, -0.2) is 49.4 Å². The SMILES string of the molecule is CCCCCC(O)C[N+](C)(C)CCCN.[Cl-]. The highest BCUT2D eigenvalue weighted by Gasteiger charge is 2.19. The molecule has 1 unspecified atom stereocenters. The standard InChI is InChI=1S/C12H29N2O.ClH/c1-4-5-6-8-12(15)11-14(2,3)10-7-9-13;/h12,15H,4-11,13H2,1-3H3;1H/q+1;/p-1. The van der Waals surface area contributed by atoms with Crippen molar-refractivity contribution in [1.82, 2.24) is 0 Å². The number of hydrogen-bond acceptors (Lipinski definition) is 2. The van der Waals surface area contributed by atoms with Crippen molar-refractivity contribution in [3.63, 3.8) is 0 Å². The summed E-state index contributed by atoms with van der Waals surface area (Å²) in [6.07, 6.45) is 5.43. The zero-order valence-corrected chi connectivity index (χ0v) is 11.8. The van der Waals surface area contributed by atoms with Gasteiger partial charge in [-0.1, -0.05) is 26.2 Å². The molecule has 0 aliphatic heterocycles. The molecule has 4 heteroatoms. The number of halogens is 1. The summed E-state index contributed by atoms with van der Waals surface area (Å²) in [6, 6.07) is 0. The topological polar surface area (TPSA) is 46.2 Å². The highest BCUT2D eigenvalue weighted by atomic mass is 35.5. The first-order valence-corrected chi connectivity index (χ1v) is 6.22. The molecule has 0 aliphatic carbocycles. The summed E-state index contributed by atoms with van der Waals surface area (Å²) < 4.78 is 0.879. The first-order valence-electron chi connectivity index (χ1n) is 6.22. The van der Waals surface area contributed by atoms with Gasteiger partial charge in [-0.3, -0.25) is 0 Å². The summed E-state index contributed by atoms with van der Waals surface area (Å²) in [7, 11) is 4.33. The number of nitrogens with two attached hydrogens (primary N) is 1. The van der Waals surface area contributed by atoms with Crippen LogP contribution in [0.3, 0.4) is 0 Å². The largest absolute Gasteiger partial charge is 1.00 e. The van der Waals surface area contributed by atoms with Gasteiger partial charge in [0, 0.05) is 6.42 Å². The fourth-order valence-electron chi connectivity index (χ4n) is 1.90. The van der Waals surface area contributed by atoms with Crippen LogP contribution in [0.25, 0.3) is 0 Å². The Balaban J connectivity index is 0. The van der Waals surface area contributed by atoms with Crippen molar-refractivity contribution in [1.29, 1.82) is 0 Å². The van der Waals surface area contributed by atoms with Crippen molar-refractivity contribution in [3.8, 4) is 0 Å². The third-order valence-electron chi connectivity index (χ3n) is 2.81. The molecule has 1 atom stereocenters. The minimum Gasteiger partial charge on any atom is -1.00 e. The van der Waals surface area contributed by atoms with E-state index in [9.17, 15) is 5.11 Å². The van der Waals surface area contributed by atoms with Gasteiger partial charge in [-0.05, 0) is 13.0 Å². The van der Waals surface area contributed by atoms with Crippen molar-refractivity contribution in [2.75, 3.05) is 33.7 Å². The molecular weight excluding hydrogens is 224 g/mol. The van der Waals surface area contributed by atoms with Crippen LogP contribution in [0.2, 0.25) is 0 Å². The van der Waals surface area contributed by atoms with E-state index in [1.54, 1.807) is 0 Å². The second-order valence-electron chi connectivity index (χ2n) is 5.13. The van der Waals surface area contributed by atoms with Crippen LogP contribution in [0.4, 0.5) is 0 Å². The van der Waals surface area contributed by atoms with Crippen molar-refractivity contribution < 1.29 is 22.0 Å². The molecule has 0 aromatic carbocycles. The van der Waals surface area contributed by atoms with Gasteiger partial charge in [-0.15, -0.1) is 0 Å². The lowest BCUT2D eigenvalue weighted by atomic mass is 10.1. The van der Waals surface area contributed by atoms with Gasteiger partial charge in [0.25, 0.3) is 0 Å². The van der Waals surface area contributed by atoms with Crippen LogP contribution in [0, 0.1) is 0 Å². The average molecular weight is 253 g/mol. The Morgan fingerprint density at radius 1 is 1.19 bits per heavy atom. The molecule has 0 radical (unpaired) electrons. The zero-order valence-electron chi connectivity index (χ0n) is 11.1. The lowest BCUT2D eigenvalue weighted by Gasteiger charge is -2.31. The van der Waals surface area contributed by atoms with Gasteiger partial charge >= 0.3 is 0 Å². The molecule has 0 fully saturated rings. The number of unbranched alkanes of at least 4 members (excludes halogenated alkanes) is 2. The summed E-state index contributed by atoms with van der Waals surface area (Å²) in [5.41, 5.74) is 5.49. The lowest BCUT2D eigenvalue weighted by molar-refractivity contribution is -0.893. The van der Waals surface area contributed by atoms with Crippen LogP contribution in [0.5, 0.6) is 0 Å². The third-order valence-corrected chi connectivity index (χ3v) is 2.81. The molecule has 0 aromatic rings. The smallest absolute Gasteiger partial charge is 0.105 e. The van der Waals surface area contributed by atoms with Gasteiger partial charge in [0.1, 0.15) is 12.6 Å². The van der Waals surface area contributed by atoms with E-state index in [2.05, 4.69) is 21.0 Å². The van der Waals surface area contributed by atoms with E-state index in [-0.39, 0.29) is 18.5 Å². The van der Waals surface area contributed by atoms with Crippen molar-refractivity contribution in [2.45, 2.75) is 45.1 Å². The number of likely N-dealkylation sites (N-methyl/N-ethyl adjacent to an activating group) is 1. The monoisotopic (exact) mass is 252 g/mol. The Bertz CT molecular complexity index is 154. The Morgan fingerprint density at radius 2 is 1.81 bits per heavy atom. The summed E-state index contributed by atoms with van der Waals surface area (Å²) in [5.74, 6) is 0. The van der Waals surface area contributed by atoms with E-state index in [1.807, 2.05) is 0 Å². The van der Waals surface area contributed by atoms with Gasteiger partial charge in [0.2, 0.25) is 0 Å². The molecule has 0 heterocycles. The molecule has 0 spiro atoms. The number of quaternary nitrogens is 1. The molecule has 16 heavy (non-hydrogen) atoms. The average Bonchev–Trinajstić information content (AvgIpc) is 2.14. The van der Waals surface area contributed by atoms with E-state index in [1.165, 1.54) is 12.8 Å².